The summed E-state index contributed by atoms with van der Waals surface area (Å²) in [5.41, 5.74) is 6.64. The molecular formula is C15H18FN3OS. The molecule has 21 heavy (non-hydrogen) atoms. The lowest BCUT2D eigenvalue weighted by Crippen LogP contribution is -2.20. The first-order valence-corrected chi connectivity index (χ1v) is 7.56. The second kappa shape index (κ2) is 7.19. The Morgan fingerprint density at radius 1 is 1.48 bits per heavy atom. The zero-order valence-electron chi connectivity index (χ0n) is 11.7. The van der Waals surface area contributed by atoms with E-state index in [2.05, 4.69) is 23.5 Å². The molecule has 1 aromatic carbocycles. The second-order valence-electron chi connectivity index (χ2n) is 4.69. The molecule has 2 aromatic rings. The lowest BCUT2D eigenvalue weighted by molar-refractivity contribution is 0.318. The van der Waals surface area contributed by atoms with Crippen LogP contribution in [0.25, 0.3) is 0 Å². The van der Waals surface area contributed by atoms with Crippen LogP contribution >= 0.6 is 11.3 Å². The Morgan fingerprint density at radius 2 is 2.29 bits per heavy atom. The largest absolute Gasteiger partial charge is 0.409 e. The fourth-order valence-electron chi connectivity index (χ4n) is 2.13. The average molecular weight is 307 g/mol. The SMILES string of the molecule is CCC(NCc1cc(F)cc(/C(N)=N/O)c1)c1cccs1. The molecule has 112 valence electrons. The summed E-state index contributed by atoms with van der Waals surface area (Å²) in [5.74, 6) is -0.499. The summed E-state index contributed by atoms with van der Waals surface area (Å²) in [6.45, 7) is 2.62. The highest BCUT2D eigenvalue weighted by Gasteiger charge is 2.11. The van der Waals surface area contributed by atoms with Gasteiger partial charge in [0.15, 0.2) is 5.84 Å². The Labute approximate surface area is 127 Å². The van der Waals surface area contributed by atoms with Crippen LogP contribution in [0.15, 0.2) is 40.9 Å². The van der Waals surface area contributed by atoms with Crippen molar-refractivity contribution in [1.29, 1.82) is 0 Å². The topological polar surface area (TPSA) is 70.6 Å². The van der Waals surface area contributed by atoms with Crippen molar-refractivity contribution in [3.8, 4) is 0 Å². The maximum atomic E-state index is 13.6. The summed E-state index contributed by atoms with van der Waals surface area (Å²) in [6, 6.07) is 8.74. The van der Waals surface area contributed by atoms with Crippen molar-refractivity contribution in [2.24, 2.45) is 10.9 Å². The molecule has 0 bridgehead atoms. The third kappa shape index (κ3) is 4.03. The van der Waals surface area contributed by atoms with Crippen LogP contribution in [0.4, 0.5) is 4.39 Å². The van der Waals surface area contributed by atoms with E-state index in [1.165, 1.54) is 17.0 Å². The van der Waals surface area contributed by atoms with Crippen LogP contribution in [0.3, 0.4) is 0 Å². The number of amidine groups is 1. The van der Waals surface area contributed by atoms with Crippen LogP contribution in [0.2, 0.25) is 0 Å². The molecule has 4 nitrogen and oxygen atoms in total. The summed E-state index contributed by atoms with van der Waals surface area (Å²) in [6.07, 6.45) is 0.947. The molecule has 0 aliphatic carbocycles. The minimum absolute atomic E-state index is 0.0963. The number of rotatable bonds is 6. The normalized spacial score (nSPS) is 13.3. The Morgan fingerprint density at radius 3 is 2.90 bits per heavy atom. The summed E-state index contributed by atoms with van der Waals surface area (Å²) in [4.78, 5) is 1.26. The van der Waals surface area contributed by atoms with Gasteiger partial charge < -0.3 is 16.3 Å². The number of hydrogen-bond donors (Lipinski definition) is 3. The smallest absolute Gasteiger partial charge is 0.170 e. The lowest BCUT2D eigenvalue weighted by Gasteiger charge is -2.16. The van der Waals surface area contributed by atoms with Gasteiger partial charge in [-0.2, -0.15) is 0 Å². The molecule has 4 N–H and O–H groups in total. The van der Waals surface area contributed by atoms with Gasteiger partial charge in [0.2, 0.25) is 0 Å². The van der Waals surface area contributed by atoms with Gasteiger partial charge in [0.05, 0.1) is 0 Å². The van der Waals surface area contributed by atoms with Gasteiger partial charge in [0.1, 0.15) is 5.82 Å². The maximum Gasteiger partial charge on any atom is 0.170 e. The maximum absolute atomic E-state index is 13.6. The first-order valence-electron chi connectivity index (χ1n) is 6.68. The van der Waals surface area contributed by atoms with E-state index < -0.39 is 5.82 Å². The molecule has 2 rings (SSSR count). The van der Waals surface area contributed by atoms with Gasteiger partial charge in [-0.15, -0.1) is 11.3 Å². The van der Waals surface area contributed by atoms with Crippen LogP contribution in [-0.4, -0.2) is 11.0 Å². The van der Waals surface area contributed by atoms with Crippen molar-refractivity contribution in [3.05, 3.63) is 57.5 Å². The zero-order valence-corrected chi connectivity index (χ0v) is 12.5. The van der Waals surface area contributed by atoms with Crippen LogP contribution in [0.5, 0.6) is 0 Å². The minimum Gasteiger partial charge on any atom is -0.409 e. The van der Waals surface area contributed by atoms with Crippen molar-refractivity contribution in [2.45, 2.75) is 25.9 Å². The van der Waals surface area contributed by atoms with Crippen LogP contribution in [-0.2, 0) is 6.54 Å². The third-order valence-corrected chi connectivity index (χ3v) is 4.19. The van der Waals surface area contributed by atoms with Gasteiger partial charge >= 0.3 is 0 Å². The fraction of sp³-hybridized carbons (Fsp3) is 0.267. The van der Waals surface area contributed by atoms with E-state index in [1.807, 2.05) is 11.4 Å². The van der Waals surface area contributed by atoms with Crippen molar-refractivity contribution in [1.82, 2.24) is 5.32 Å². The van der Waals surface area contributed by atoms with Gasteiger partial charge in [-0.05, 0) is 41.6 Å². The average Bonchev–Trinajstić information content (AvgIpc) is 3.00. The summed E-state index contributed by atoms with van der Waals surface area (Å²) in [7, 11) is 0. The molecule has 0 fully saturated rings. The first-order chi connectivity index (χ1) is 10.1. The quantitative estimate of drug-likeness (QED) is 0.332. The van der Waals surface area contributed by atoms with Crippen molar-refractivity contribution < 1.29 is 9.60 Å². The summed E-state index contributed by atoms with van der Waals surface area (Å²) in [5, 5.41) is 17.0. The number of hydrogen-bond acceptors (Lipinski definition) is 4. The summed E-state index contributed by atoms with van der Waals surface area (Å²) < 4.78 is 13.6. The van der Waals surface area contributed by atoms with Gasteiger partial charge in [0, 0.05) is 23.0 Å². The van der Waals surface area contributed by atoms with E-state index >= 15 is 0 Å². The van der Waals surface area contributed by atoms with E-state index in [9.17, 15) is 4.39 Å². The number of oxime groups is 1. The molecule has 1 unspecified atom stereocenters. The van der Waals surface area contributed by atoms with Crippen molar-refractivity contribution in [3.63, 3.8) is 0 Å². The predicted molar refractivity (Wildman–Crippen MR) is 83.1 cm³/mol. The van der Waals surface area contributed by atoms with Gasteiger partial charge in [0.25, 0.3) is 0 Å². The zero-order chi connectivity index (χ0) is 15.2. The Hall–Kier alpha value is -1.92. The summed E-state index contributed by atoms with van der Waals surface area (Å²) >= 11 is 1.70. The highest BCUT2D eigenvalue weighted by atomic mass is 32.1. The van der Waals surface area contributed by atoms with E-state index in [0.717, 1.165) is 12.0 Å². The molecule has 6 heteroatoms. The molecule has 1 heterocycles. The van der Waals surface area contributed by atoms with Crippen LogP contribution in [0.1, 0.15) is 35.4 Å². The number of nitrogens with two attached hydrogens (primary N) is 1. The fourth-order valence-corrected chi connectivity index (χ4v) is 3.02. The molecule has 1 atom stereocenters. The number of benzene rings is 1. The van der Waals surface area contributed by atoms with E-state index in [1.54, 1.807) is 17.4 Å². The highest BCUT2D eigenvalue weighted by Crippen LogP contribution is 2.22. The van der Waals surface area contributed by atoms with Crippen molar-refractivity contribution >= 4 is 17.2 Å². The Bertz CT molecular complexity index is 613. The van der Waals surface area contributed by atoms with Crippen molar-refractivity contribution in [2.75, 3.05) is 0 Å². The molecule has 0 radical (unpaired) electrons. The molecule has 1 aromatic heterocycles. The number of nitrogens with zero attached hydrogens (tertiary/aromatic N) is 1. The minimum atomic E-state index is -0.403. The van der Waals surface area contributed by atoms with Gasteiger partial charge in [-0.3, -0.25) is 0 Å². The molecule has 0 aliphatic rings. The van der Waals surface area contributed by atoms with Gasteiger partial charge in [-0.25, -0.2) is 4.39 Å². The van der Waals surface area contributed by atoms with E-state index in [0.29, 0.717) is 12.1 Å². The second-order valence-corrected chi connectivity index (χ2v) is 5.67. The molecule has 0 saturated carbocycles. The number of thiophene rings is 1. The Kier molecular flexibility index (Phi) is 5.30. The predicted octanol–water partition coefficient (Wildman–Crippen LogP) is 3.22. The molecule has 0 saturated heterocycles. The molecular weight excluding hydrogens is 289 g/mol. The lowest BCUT2D eigenvalue weighted by atomic mass is 10.1. The third-order valence-electron chi connectivity index (χ3n) is 3.21. The number of halogens is 1. The van der Waals surface area contributed by atoms with Crippen LogP contribution in [0, 0.1) is 5.82 Å². The Balaban J connectivity index is 2.11. The van der Waals surface area contributed by atoms with Crippen LogP contribution < -0.4 is 11.1 Å². The molecule has 0 spiro atoms. The molecule has 0 amide bonds. The van der Waals surface area contributed by atoms with Gasteiger partial charge in [-0.1, -0.05) is 18.1 Å². The number of nitrogens with one attached hydrogen (secondary N) is 1. The monoisotopic (exact) mass is 307 g/mol. The standard InChI is InChI=1S/C15H18FN3OS/c1-2-13(14-4-3-5-21-14)18-9-10-6-11(15(17)19-20)8-12(16)7-10/h3-8,13,18,20H,2,9H2,1H3,(H2,17,19). The van der Waals surface area contributed by atoms with E-state index in [4.69, 9.17) is 10.9 Å². The highest BCUT2D eigenvalue weighted by molar-refractivity contribution is 7.10. The first kappa shape index (κ1) is 15.5. The van der Waals surface area contributed by atoms with E-state index in [-0.39, 0.29) is 11.9 Å². The molecule has 0 aliphatic heterocycles.